The van der Waals surface area contributed by atoms with Gasteiger partial charge in [0.1, 0.15) is 0 Å². The van der Waals surface area contributed by atoms with E-state index in [4.69, 9.17) is 13.6 Å². The fourth-order valence-corrected chi connectivity index (χ4v) is 1.08. The minimum absolute atomic E-state index is 0.560. The van der Waals surface area contributed by atoms with Crippen molar-refractivity contribution in [2.75, 3.05) is 26.4 Å². The highest BCUT2D eigenvalue weighted by Crippen LogP contribution is 1.78. The molecule has 64 valence electrons. The van der Waals surface area contributed by atoms with E-state index in [9.17, 15) is 0 Å². The van der Waals surface area contributed by atoms with Crippen LogP contribution < -0.4 is 0 Å². The first-order chi connectivity index (χ1) is 5.41. The van der Waals surface area contributed by atoms with Crippen LogP contribution in [0.1, 0.15) is 0 Å². The summed E-state index contributed by atoms with van der Waals surface area (Å²) in [5.41, 5.74) is 0. The van der Waals surface area contributed by atoms with Gasteiger partial charge in [-0.2, -0.15) is 0 Å². The second-order valence-electron chi connectivity index (χ2n) is 1.72. The molecule has 5 heteroatoms. The highest BCUT2D eigenvalue weighted by molar-refractivity contribution is 6.24. The second-order valence-corrected chi connectivity index (χ2v) is 3.11. The lowest BCUT2D eigenvalue weighted by Crippen LogP contribution is -2.10. The van der Waals surface area contributed by atoms with Gasteiger partial charge in [0.05, 0.1) is 26.4 Å². The van der Waals surface area contributed by atoms with Crippen molar-refractivity contribution in [2.24, 2.45) is 0 Å². The third kappa shape index (κ3) is 10.3. The lowest BCUT2D eigenvalue weighted by Gasteiger charge is -2.03. The molecule has 0 aromatic carbocycles. The molecule has 4 radical (unpaired) electrons. The largest absolute Gasteiger partial charge is 0.415 e. The average molecular weight is 190 g/mol. The van der Waals surface area contributed by atoms with Crippen molar-refractivity contribution in [1.29, 1.82) is 0 Å². The van der Waals surface area contributed by atoms with Gasteiger partial charge in [0.15, 0.2) is 0 Å². The highest BCUT2D eigenvalue weighted by Gasteiger charge is 1.88. The normalized spacial score (nSPS) is 10.4. The Morgan fingerprint density at radius 3 is 1.64 bits per heavy atom. The van der Waals surface area contributed by atoms with Crippen LogP contribution in [0, 0.1) is 0 Å². The quantitative estimate of drug-likeness (QED) is 0.409. The summed E-state index contributed by atoms with van der Waals surface area (Å²) in [5, 5.41) is 0. The van der Waals surface area contributed by atoms with Crippen molar-refractivity contribution in [3.63, 3.8) is 0 Å². The maximum Gasteiger partial charge on any atom is 0.226 e. The summed E-state index contributed by atoms with van der Waals surface area (Å²) < 4.78 is 15.4. The summed E-state index contributed by atoms with van der Waals surface area (Å²) in [6, 6.07) is 0. The molecule has 0 N–H and O–H groups in total. The van der Waals surface area contributed by atoms with Gasteiger partial charge in [-0.1, -0.05) is 0 Å². The van der Waals surface area contributed by atoms with Crippen LogP contribution in [-0.4, -0.2) is 46.0 Å². The first kappa shape index (κ1) is 11.3. The highest BCUT2D eigenvalue weighted by atomic mass is 28.2. The molecule has 0 rings (SSSR count). The van der Waals surface area contributed by atoms with Gasteiger partial charge in [-0.3, -0.25) is 0 Å². The van der Waals surface area contributed by atoms with Gasteiger partial charge in [0.25, 0.3) is 0 Å². The summed E-state index contributed by atoms with van der Waals surface area (Å²) in [5.74, 6) is 0. The van der Waals surface area contributed by atoms with Crippen LogP contribution in [-0.2, 0) is 13.6 Å². The maximum absolute atomic E-state index is 5.20. The smallest absolute Gasteiger partial charge is 0.226 e. The van der Waals surface area contributed by atoms with Crippen LogP contribution in [0.3, 0.4) is 0 Å². The minimum atomic E-state index is 0.560. The molecule has 0 unspecified atom stereocenters. The van der Waals surface area contributed by atoms with Crippen molar-refractivity contribution >= 4 is 19.5 Å². The van der Waals surface area contributed by atoms with Crippen molar-refractivity contribution in [3.05, 3.63) is 0 Å². The molecule has 0 atom stereocenters. The summed E-state index contributed by atoms with van der Waals surface area (Å²) in [6.07, 6.45) is 0. The van der Waals surface area contributed by atoms with Crippen LogP contribution >= 0.6 is 0 Å². The molecule has 11 heavy (non-hydrogen) atoms. The topological polar surface area (TPSA) is 27.7 Å². The van der Waals surface area contributed by atoms with Crippen LogP contribution in [0.15, 0.2) is 0 Å². The summed E-state index contributed by atoms with van der Waals surface area (Å²) in [4.78, 5) is 0. The zero-order valence-corrected chi connectivity index (χ0v) is 9.05. The first-order valence-corrected chi connectivity index (χ1v) is 6.38. The molecule has 0 saturated heterocycles. The van der Waals surface area contributed by atoms with E-state index in [0.717, 1.165) is 0 Å². The van der Waals surface area contributed by atoms with Crippen LogP contribution in [0.2, 0.25) is 13.1 Å². The monoisotopic (exact) mass is 190 g/mol. The molecular weight excluding hydrogens is 176 g/mol. The van der Waals surface area contributed by atoms with Crippen molar-refractivity contribution in [2.45, 2.75) is 13.1 Å². The van der Waals surface area contributed by atoms with E-state index < -0.39 is 0 Å². The molecule has 0 saturated carbocycles. The zero-order valence-electron chi connectivity index (χ0n) is 7.05. The molecular formula is C6H14O3Si2. The number of hydrogen-bond acceptors (Lipinski definition) is 3. The fraction of sp³-hybridized carbons (Fsp3) is 1.00. The molecule has 0 heterocycles. The first-order valence-electron chi connectivity index (χ1n) is 3.56. The molecule has 0 spiro atoms. The summed E-state index contributed by atoms with van der Waals surface area (Å²) in [7, 11) is 1.12. The van der Waals surface area contributed by atoms with Gasteiger partial charge in [0, 0.05) is 0 Å². The van der Waals surface area contributed by atoms with E-state index in [-0.39, 0.29) is 0 Å². The molecule has 3 nitrogen and oxygen atoms in total. The fourth-order valence-electron chi connectivity index (χ4n) is 0.507. The predicted octanol–water partition coefficient (Wildman–Crippen LogP) is 0.371. The van der Waals surface area contributed by atoms with Crippen LogP contribution in [0.25, 0.3) is 0 Å². The lowest BCUT2D eigenvalue weighted by atomic mass is 10.7. The van der Waals surface area contributed by atoms with Crippen molar-refractivity contribution in [1.82, 2.24) is 0 Å². The van der Waals surface area contributed by atoms with Crippen LogP contribution in [0.4, 0.5) is 0 Å². The van der Waals surface area contributed by atoms with E-state index in [0.29, 0.717) is 46.0 Å². The molecule has 0 aromatic heterocycles. The zero-order chi connectivity index (χ0) is 8.36. The minimum Gasteiger partial charge on any atom is -0.415 e. The molecule has 0 aliphatic carbocycles. The molecule has 0 amide bonds. The van der Waals surface area contributed by atoms with Gasteiger partial charge in [-0.25, -0.2) is 0 Å². The Balaban J connectivity index is 2.69. The Morgan fingerprint density at radius 2 is 1.27 bits per heavy atom. The Labute approximate surface area is 73.3 Å². The Kier molecular flexibility index (Phi) is 10.6. The summed E-state index contributed by atoms with van der Waals surface area (Å²) >= 11 is 0. The van der Waals surface area contributed by atoms with Crippen molar-refractivity contribution < 1.29 is 13.6 Å². The predicted molar refractivity (Wildman–Crippen MR) is 46.0 cm³/mol. The maximum atomic E-state index is 5.20. The van der Waals surface area contributed by atoms with Gasteiger partial charge in [0.2, 0.25) is 19.5 Å². The van der Waals surface area contributed by atoms with Gasteiger partial charge in [-0.15, -0.1) is 0 Å². The SMILES string of the molecule is C[Si]OCCOCCO[Si]C. The van der Waals surface area contributed by atoms with Gasteiger partial charge >= 0.3 is 0 Å². The van der Waals surface area contributed by atoms with Gasteiger partial charge in [-0.05, 0) is 13.1 Å². The summed E-state index contributed by atoms with van der Waals surface area (Å²) in [6.45, 7) is 6.75. The Hall–Kier alpha value is 0.314. The Bertz CT molecular complexity index is 64.8. The van der Waals surface area contributed by atoms with E-state index in [1.807, 2.05) is 13.1 Å². The second kappa shape index (κ2) is 10.3. The van der Waals surface area contributed by atoms with E-state index in [2.05, 4.69) is 0 Å². The average Bonchev–Trinajstić information content (AvgIpc) is 2.03. The third-order valence-electron chi connectivity index (χ3n) is 0.948. The van der Waals surface area contributed by atoms with Crippen molar-refractivity contribution in [3.8, 4) is 0 Å². The molecule has 0 fully saturated rings. The molecule has 0 aliphatic rings. The number of ether oxygens (including phenoxy) is 1. The van der Waals surface area contributed by atoms with Gasteiger partial charge < -0.3 is 13.6 Å². The number of hydrogen-bond donors (Lipinski definition) is 0. The number of rotatable bonds is 8. The standard InChI is InChI=1S/C6H14O3Si2/c1-10-8-5-3-7-4-6-9-11-2/h3-6H2,1-2H3. The van der Waals surface area contributed by atoms with Crippen LogP contribution in [0.5, 0.6) is 0 Å². The van der Waals surface area contributed by atoms with E-state index in [1.165, 1.54) is 0 Å². The lowest BCUT2D eigenvalue weighted by molar-refractivity contribution is 0.0787. The third-order valence-corrected chi connectivity index (χ3v) is 1.93. The Morgan fingerprint density at radius 1 is 0.818 bits per heavy atom. The molecule has 0 aliphatic heterocycles. The van der Waals surface area contributed by atoms with E-state index in [1.54, 1.807) is 0 Å². The molecule has 0 bridgehead atoms. The molecule has 0 aromatic rings. The van der Waals surface area contributed by atoms with E-state index >= 15 is 0 Å².